The van der Waals surface area contributed by atoms with Gasteiger partial charge in [0.15, 0.2) is 11.9 Å². The van der Waals surface area contributed by atoms with Crippen LogP contribution in [0.15, 0.2) is 91.0 Å². The summed E-state index contributed by atoms with van der Waals surface area (Å²) in [6.07, 6.45) is -4.72. The summed E-state index contributed by atoms with van der Waals surface area (Å²) in [5, 5.41) is 43.8. The van der Waals surface area contributed by atoms with Crippen molar-refractivity contribution in [1.29, 1.82) is 0 Å². The van der Waals surface area contributed by atoms with Gasteiger partial charge in [-0.1, -0.05) is 91.0 Å². The normalized spacial score (nSPS) is 28.9. The molecule has 1 unspecified atom stereocenters. The lowest BCUT2D eigenvalue weighted by molar-refractivity contribution is -0.290. The average molecular weight is 480 g/mol. The van der Waals surface area contributed by atoms with E-state index < -0.39 is 46.8 Å². The number of benzene rings is 3. The Hall–Kier alpha value is -3.60. The number of hydrogen-bond donors (Lipinski definition) is 4. The largest absolute Gasteiger partial charge is 0.380 e. The molecule has 5 atom stereocenters. The standard InChI is InChI=1S/C26H21FO8/c27-26(34)24(32,21(30)17-12-6-2-7-13-17)23(20(29)19(28)16-10-4-1-5-11-16)35-25(26,33)22(31)18-14-8-3-9-15-18/h1-15,19,23,28,32-34H/t19?,23-,24-,25+,26+/m1/s1. The molecule has 1 saturated heterocycles. The molecule has 1 aliphatic heterocycles. The van der Waals surface area contributed by atoms with Gasteiger partial charge >= 0.3 is 5.85 Å². The van der Waals surface area contributed by atoms with Gasteiger partial charge in [0.2, 0.25) is 17.2 Å². The molecule has 0 aliphatic carbocycles. The number of hydrogen-bond acceptors (Lipinski definition) is 8. The first-order valence-corrected chi connectivity index (χ1v) is 10.6. The van der Waals surface area contributed by atoms with E-state index in [0.29, 0.717) is 0 Å². The van der Waals surface area contributed by atoms with E-state index in [0.717, 1.165) is 0 Å². The molecule has 0 bridgehead atoms. The van der Waals surface area contributed by atoms with Crippen molar-refractivity contribution < 1.29 is 43.9 Å². The van der Waals surface area contributed by atoms with Crippen molar-refractivity contribution in [3.05, 3.63) is 108 Å². The van der Waals surface area contributed by atoms with E-state index in [2.05, 4.69) is 0 Å². The molecule has 1 fully saturated rings. The minimum absolute atomic E-state index is 0.00262. The maximum Gasteiger partial charge on any atom is 0.308 e. The lowest BCUT2D eigenvalue weighted by Crippen LogP contribution is -2.67. The molecule has 4 N–H and O–H groups in total. The number of Topliss-reactive ketones (excluding diaryl/α,β-unsaturated/α-hetero) is 3. The number of aliphatic hydroxyl groups is 4. The third-order valence-corrected chi connectivity index (χ3v) is 5.99. The molecule has 0 radical (unpaired) electrons. The van der Waals surface area contributed by atoms with Gasteiger partial charge in [-0.3, -0.25) is 14.4 Å². The van der Waals surface area contributed by atoms with Crippen LogP contribution in [0.5, 0.6) is 0 Å². The molecule has 1 heterocycles. The van der Waals surface area contributed by atoms with E-state index in [1.165, 1.54) is 84.9 Å². The number of alkyl halides is 1. The molecule has 0 saturated carbocycles. The van der Waals surface area contributed by atoms with Gasteiger partial charge in [0.25, 0.3) is 5.79 Å². The van der Waals surface area contributed by atoms with Crippen LogP contribution in [0.4, 0.5) is 4.39 Å². The Labute approximate surface area is 198 Å². The minimum Gasteiger partial charge on any atom is -0.380 e. The molecule has 3 aromatic carbocycles. The summed E-state index contributed by atoms with van der Waals surface area (Å²) in [4.78, 5) is 39.6. The van der Waals surface area contributed by atoms with E-state index in [-0.39, 0.29) is 16.7 Å². The van der Waals surface area contributed by atoms with Crippen LogP contribution >= 0.6 is 0 Å². The molecule has 35 heavy (non-hydrogen) atoms. The summed E-state index contributed by atoms with van der Waals surface area (Å²) < 4.78 is 21.2. The summed E-state index contributed by atoms with van der Waals surface area (Å²) in [7, 11) is 0. The summed E-state index contributed by atoms with van der Waals surface area (Å²) in [6, 6.07) is 20.5. The fourth-order valence-electron chi connectivity index (χ4n) is 4.04. The van der Waals surface area contributed by atoms with Crippen molar-refractivity contribution in [2.45, 2.75) is 29.5 Å². The van der Waals surface area contributed by atoms with Crippen LogP contribution < -0.4 is 0 Å². The summed E-state index contributed by atoms with van der Waals surface area (Å²) in [6.45, 7) is 0. The van der Waals surface area contributed by atoms with Gasteiger partial charge in [-0.15, -0.1) is 0 Å². The van der Waals surface area contributed by atoms with Gasteiger partial charge in [-0.05, 0) is 5.56 Å². The van der Waals surface area contributed by atoms with E-state index in [4.69, 9.17) is 4.74 Å². The molecule has 0 spiro atoms. The number of carbonyl (C=O) groups is 3. The lowest BCUT2D eigenvalue weighted by atomic mass is 9.77. The molecule has 3 aromatic rings. The zero-order valence-electron chi connectivity index (χ0n) is 18.1. The Morgan fingerprint density at radius 1 is 0.743 bits per heavy atom. The summed E-state index contributed by atoms with van der Waals surface area (Å²) >= 11 is 0. The number of ketones is 3. The van der Waals surface area contributed by atoms with Gasteiger partial charge in [0.1, 0.15) is 6.10 Å². The molecule has 8 nitrogen and oxygen atoms in total. The topological polar surface area (TPSA) is 141 Å². The molecule has 1 aliphatic rings. The van der Waals surface area contributed by atoms with E-state index in [1.54, 1.807) is 6.07 Å². The van der Waals surface area contributed by atoms with Crippen LogP contribution in [0.1, 0.15) is 32.4 Å². The maximum atomic E-state index is 16.1. The summed E-state index contributed by atoms with van der Waals surface area (Å²) in [5.74, 6) is -12.9. The quantitative estimate of drug-likeness (QED) is 0.373. The number of carbonyl (C=O) groups excluding carboxylic acids is 3. The predicted octanol–water partition coefficient (Wildman–Crippen LogP) is 1.53. The Kier molecular flexibility index (Phi) is 6.22. The van der Waals surface area contributed by atoms with Gasteiger partial charge < -0.3 is 25.2 Å². The highest BCUT2D eigenvalue weighted by atomic mass is 19.2. The molecule has 9 heteroatoms. The molecule has 180 valence electrons. The first-order chi connectivity index (χ1) is 16.6. The highest BCUT2D eigenvalue weighted by molar-refractivity contribution is 6.11. The molecule has 0 aromatic heterocycles. The second kappa shape index (κ2) is 8.88. The van der Waals surface area contributed by atoms with Gasteiger partial charge in [0, 0.05) is 11.1 Å². The van der Waals surface area contributed by atoms with E-state index in [1.807, 2.05) is 0 Å². The highest BCUT2D eigenvalue weighted by Gasteiger charge is 2.82. The second-order valence-corrected chi connectivity index (χ2v) is 8.14. The van der Waals surface area contributed by atoms with Crippen molar-refractivity contribution in [1.82, 2.24) is 0 Å². The number of ether oxygens (including phenoxy) is 1. The Balaban J connectivity index is 1.86. The lowest BCUT2D eigenvalue weighted by Gasteiger charge is -2.35. The van der Waals surface area contributed by atoms with Crippen LogP contribution in [0, 0.1) is 0 Å². The Morgan fingerprint density at radius 2 is 1.17 bits per heavy atom. The first-order valence-electron chi connectivity index (χ1n) is 10.6. The van der Waals surface area contributed by atoms with Crippen LogP contribution in [-0.2, 0) is 9.53 Å². The van der Waals surface area contributed by atoms with Gasteiger partial charge in [-0.25, -0.2) is 4.39 Å². The summed E-state index contributed by atoms with van der Waals surface area (Å²) in [5.41, 5.74) is -4.49. The van der Waals surface area contributed by atoms with Crippen LogP contribution in [-0.4, -0.2) is 61.1 Å². The zero-order chi connectivity index (χ0) is 25.4. The van der Waals surface area contributed by atoms with Crippen molar-refractivity contribution in [3.63, 3.8) is 0 Å². The molecule has 0 amide bonds. The first kappa shape index (κ1) is 24.5. The third kappa shape index (κ3) is 3.70. The highest BCUT2D eigenvalue weighted by Crippen LogP contribution is 2.50. The number of rotatable bonds is 7. The maximum absolute atomic E-state index is 16.1. The third-order valence-electron chi connectivity index (χ3n) is 5.99. The SMILES string of the molecule is O=C(C(O)c1ccccc1)[C@H]1O[C@@](O)(C(=O)c2ccccc2)[C@](O)(F)[C@@]1(O)C(=O)c1ccccc1. The van der Waals surface area contributed by atoms with Gasteiger partial charge in [0.05, 0.1) is 0 Å². The van der Waals surface area contributed by atoms with E-state index >= 15 is 4.39 Å². The zero-order valence-corrected chi connectivity index (χ0v) is 18.1. The van der Waals surface area contributed by atoms with E-state index in [9.17, 15) is 34.8 Å². The van der Waals surface area contributed by atoms with Crippen LogP contribution in [0.2, 0.25) is 0 Å². The fraction of sp³-hybridized carbons (Fsp3) is 0.192. The minimum atomic E-state index is -4.50. The Morgan fingerprint density at radius 3 is 1.66 bits per heavy atom. The predicted molar refractivity (Wildman–Crippen MR) is 119 cm³/mol. The smallest absolute Gasteiger partial charge is 0.308 e. The molecular weight excluding hydrogens is 459 g/mol. The number of halogens is 1. The monoisotopic (exact) mass is 480 g/mol. The second-order valence-electron chi connectivity index (χ2n) is 8.14. The number of aliphatic hydroxyl groups excluding tert-OH is 1. The van der Waals surface area contributed by atoms with Crippen LogP contribution in [0.25, 0.3) is 0 Å². The van der Waals surface area contributed by atoms with Crippen LogP contribution in [0.3, 0.4) is 0 Å². The molecular formula is C26H21FO8. The van der Waals surface area contributed by atoms with Crippen molar-refractivity contribution >= 4 is 17.3 Å². The fourth-order valence-corrected chi connectivity index (χ4v) is 4.04. The van der Waals surface area contributed by atoms with Gasteiger partial charge in [-0.2, -0.15) is 0 Å². The Bertz CT molecular complexity index is 1250. The van der Waals surface area contributed by atoms with Crippen molar-refractivity contribution in [2.24, 2.45) is 0 Å². The van der Waals surface area contributed by atoms with Crippen molar-refractivity contribution in [3.8, 4) is 0 Å². The average Bonchev–Trinajstić information content (AvgIpc) is 3.07. The molecule has 4 rings (SSSR count). The van der Waals surface area contributed by atoms with Crippen molar-refractivity contribution in [2.75, 3.05) is 0 Å².